The number of rotatable bonds is 4. The minimum absolute atomic E-state index is 0.510. The molecular weight excluding hydrogens is 258 g/mol. The molecule has 2 rings (SSSR count). The fourth-order valence-electron chi connectivity index (χ4n) is 1.44. The van der Waals surface area contributed by atoms with Gasteiger partial charge in [0.15, 0.2) is 6.04 Å². The van der Waals surface area contributed by atoms with Crippen LogP contribution in [0.1, 0.15) is 10.9 Å². The molecule has 1 atom stereocenters. The van der Waals surface area contributed by atoms with Crippen molar-refractivity contribution in [3.63, 3.8) is 0 Å². The van der Waals surface area contributed by atoms with Crippen molar-refractivity contribution >= 4 is 34.6 Å². The Labute approximate surface area is 108 Å². The number of carboxylic acid groups (broad SMARTS) is 1. The summed E-state index contributed by atoms with van der Waals surface area (Å²) in [4.78, 5) is 12.0. The van der Waals surface area contributed by atoms with Crippen LogP contribution in [0.3, 0.4) is 0 Å². The van der Waals surface area contributed by atoms with E-state index in [9.17, 15) is 9.90 Å². The number of anilines is 1. The van der Waals surface area contributed by atoms with Crippen LogP contribution in [-0.2, 0) is 4.79 Å². The summed E-state index contributed by atoms with van der Waals surface area (Å²) in [6.07, 6.45) is 0. The van der Waals surface area contributed by atoms with E-state index in [1.165, 1.54) is 11.3 Å². The zero-order valence-corrected chi connectivity index (χ0v) is 10.3. The molecule has 5 heteroatoms. The summed E-state index contributed by atoms with van der Waals surface area (Å²) in [6, 6.07) is 9.92. The number of carbonyl (C=O) groups is 1. The predicted octanol–water partition coefficient (Wildman–Crippen LogP) is 3.64. The molecule has 0 fully saturated rings. The third kappa shape index (κ3) is 2.78. The molecule has 0 spiro atoms. The Kier molecular flexibility index (Phi) is 3.66. The lowest BCUT2D eigenvalue weighted by molar-refractivity contribution is -0.138. The Morgan fingerprint density at radius 1 is 1.29 bits per heavy atom. The molecule has 0 saturated heterocycles. The van der Waals surface area contributed by atoms with Gasteiger partial charge in [0.05, 0.1) is 10.7 Å². The van der Waals surface area contributed by atoms with Crippen LogP contribution in [0.2, 0.25) is 5.02 Å². The molecule has 17 heavy (non-hydrogen) atoms. The summed E-state index contributed by atoms with van der Waals surface area (Å²) in [5, 5.41) is 14.5. The molecule has 0 amide bonds. The van der Waals surface area contributed by atoms with Crippen LogP contribution >= 0.6 is 22.9 Å². The second kappa shape index (κ2) is 5.21. The highest BCUT2D eigenvalue weighted by atomic mass is 35.5. The van der Waals surface area contributed by atoms with Crippen LogP contribution < -0.4 is 5.32 Å². The van der Waals surface area contributed by atoms with Crippen molar-refractivity contribution in [2.24, 2.45) is 0 Å². The van der Waals surface area contributed by atoms with Crippen LogP contribution in [0.5, 0.6) is 0 Å². The van der Waals surface area contributed by atoms with E-state index in [1.54, 1.807) is 24.3 Å². The van der Waals surface area contributed by atoms with Gasteiger partial charge >= 0.3 is 5.97 Å². The zero-order valence-electron chi connectivity index (χ0n) is 8.76. The first-order valence-electron chi connectivity index (χ1n) is 4.96. The van der Waals surface area contributed by atoms with E-state index in [0.717, 1.165) is 4.88 Å². The van der Waals surface area contributed by atoms with Crippen LogP contribution in [0, 0.1) is 0 Å². The number of halogens is 1. The van der Waals surface area contributed by atoms with Crippen molar-refractivity contribution in [3.05, 3.63) is 51.7 Å². The predicted molar refractivity (Wildman–Crippen MR) is 69.8 cm³/mol. The molecule has 1 aromatic heterocycles. The van der Waals surface area contributed by atoms with Crippen LogP contribution in [-0.4, -0.2) is 11.1 Å². The molecule has 0 aliphatic heterocycles. The molecule has 1 heterocycles. The maximum Gasteiger partial charge on any atom is 0.331 e. The molecule has 0 aliphatic carbocycles. The normalized spacial score (nSPS) is 12.1. The van der Waals surface area contributed by atoms with Crippen molar-refractivity contribution in [2.75, 3.05) is 5.32 Å². The Hall–Kier alpha value is -1.52. The Balaban J connectivity index is 2.26. The summed E-state index contributed by atoms with van der Waals surface area (Å²) in [6.45, 7) is 0. The monoisotopic (exact) mass is 267 g/mol. The largest absolute Gasteiger partial charge is 0.479 e. The first kappa shape index (κ1) is 12.0. The van der Waals surface area contributed by atoms with Gasteiger partial charge in [-0.05, 0) is 23.6 Å². The fraction of sp³-hybridized carbons (Fsp3) is 0.0833. The lowest BCUT2D eigenvalue weighted by atomic mass is 10.2. The third-order valence-corrected chi connectivity index (χ3v) is 3.52. The Bertz CT molecular complexity index is 513. The first-order valence-corrected chi connectivity index (χ1v) is 6.21. The summed E-state index contributed by atoms with van der Waals surface area (Å²) in [7, 11) is 0. The second-order valence-corrected chi connectivity index (χ2v) is 4.80. The zero-order chi connectivity index (χ0) is 12.3. The minimum Gasteiger partial charge on any atom is -0.479 e. The van der Waals surface area contributed by atoms with E-state index in [-0.39, 0.29) is 0 Å². The molecule has 2 aromatic rings. The lowest BCUT2D eigenvalue weighted by Crippen LogP contribution is -2.19. The number of aliphatic carboxylic acids is 1. The number of hydrogen-bond donors (Lipinski definition) is 2. The van der Waals surface area contributed by atoms with E-state index in [1.807, 2.05) is 17.5 Å². The van der Waals surface area contributed by atoms with Gasteiger partial charge in [0.1, 0.15) is 0 Å². The number of carboxylic acids is 1. The van der Waals surface area contributed by atoms with Gasteiger partial charge < -0.3 is 10.4 Å². The van der Waals surface area contributed by atoms with Gasteiger partial charge in [0, 0.05) is 4.88 Å². The summed E-state index contributed by atoms with van der Waals surface area (Å²) in [5.41, 5.74) is 0.620. The van der Waals surface area contributed by atoms with E-state index in [2.05, 4.69) is 5.32 Å². The molecule has 0 bridgehead atoms. The quantitative estimate of drug-likeness (QED) is 0.889. The van der Waals surface area contributed by atoms with Gasteiger partial charge in [-0.15, -0.1) is 11.3 Å². The van der Waals surface area contributed by atoms with Crippen molar-refractivity contribution < 1.29 is 9.90 Å². The summed E-state index contributed by atoms with van der Waals surface area (Å²) < 4.78 is 0. The number of hydrogen-bond acceptors (Lipinski definition) is 3. The van der Waals surface area contributed by atoms with E-state index in [4.69, 9.17) is 11.6 Å². The molecule has 1 aromatic carbocycles. The van der Waals surface area contributed by atoms with Gasteiger partial charge in [-0.25, -0.2) is 4.79 Å². The topological polar surface area (TPSA) is 49.3 Å². The molecule has 2 N–H and O–H groups in total. The maximum atomic E-state index is 11.2. The standard InChI is InChI=1S/C12H10ClNO2S/c13-8-4-1-2-5-9(8)14-11(12(15)16)10-6-3-7-17-10/h1-7,11,14H,(H,15,16). The number of benzene rings is 1. The van der Waals surface area contributed by atoms with Crippen molar-refractivity contribution in [3.8, 4) is 0 Å². The minimum atomic E-state index is -0.924. The van der Waals surface area contributed by atoms with Crippen molar-refractivity contribution in [1.82, 2.24) is 0 Å². The summed E-state index contributed by atoms with van der Waals surface area (Å²) in [5.74, 6) is -0.924. The third-order valence-electron chi connectivity index (χ3n) is 2.25. The Morgan fingerprint density at radius 3 is 2.65 bits per heavy atom. The van der Waals surface area contributed by atoms with Crippen LogP contribution in [0.15, 0.2) is 41.8 Å². The molecule has 0 radical (unpaired) electrons. The van der Waals surface area contributed by atoms with E-state index >= 15 is 0 Å². The number of nitrogens with one attached hydrogen (secondary N) is 1. The van der Waals surface area contributed by atoms with Gasteiger partial charge in [0.2, 0.25) is 0 Å². The highest BCUT2D eigenvalue weighted by molar-refractivity contribution is 7.10. The summed E-state index contributed by atoms with van der Waals surface area (Å²) >= 11 is 7.38. The van der Waals surface area contributed by atoms with Crippen molar-refractivity contribution in [1.29, 1.82) is 0 Å². The molecule has 0 aliphatic rings. The number of para-hydroxylation sites is 1. The first-order chi connectivity index (χ1) is 8.18. The molecule has 3 nitrogen and oxygen atoms in total. The lowest BCUT2D eigenvalue weighted by Gasteiger charge is -2.15. The second-order valence-electron chi connectivity index (χ2n) is 3.41. The highest BCUT2D eigenvalue weighted by Crippen LogP contribution is 2.28. The van der Waals surface area contributed by atoms with Gasteiger partial charge in [0.25, 0.3) is 0 Å². The van der Waals surface area contributed by atoms with Crippen molar-refractivity contribution in [2.45, 2.75) is 6.04 Å². The fourth-order valence-corrected chi connectivity index (χ4v) is 2.40. The van der Waals surface area contributed by atoms with Crippen LogP contribution in [0.4, 0.5) is 5.69 Å². The van der Waals surface area contributed by atoms with Crippen LogP contribution in [0.25, 0.3) is 0 Å². The molecule has 88 valence electrons. The number of thiophene rings is 1. The average Bonchev–Trinajstić information content (AvgIpc) is 2.81. The molecule has 0 saturated carbocycles. The Morgan fingerprint density at radius 2 is 2.06 bits per heavy atom. The van der Waals surface area contributed by atoms with E-state index in [0.29, 0.717) is 10.7 Å². The van der Waals surface area contributed by atoms with Gasteiger partial charge in [-0.2, -0.15) is 0 Å². The molecular formula is C12H10ClNO2S. The smallest absolute Gasteiger partial charge is 0.331 e. The van der Waals surface area contributed by atoms with E-state index < -0.39 is 12.0 Å². The SMILES string of the molecule is O=C(O)C(Nc1ccccc1Cl)c1cccs1. The average molecular weight is 268 g/mol. The highest BCUT2D eigenvalue weighted by Gasteiger charge is 2.21. The van der Waals surface area contributed by atoms with Gasteiger partial charge in [-0.1, -0.05) is 29.8 Å². The molecule has 1 unspecified atom stereocenters. The van der Waals surface area contributed by atoms with Gasteiger partial charge in [-0.3, -0.25) is 0 Å². The maximum absolute atomic E-state index is 11.2.